The topological polar surface area (TPSA) is 608 Å². The lowest BCUT2D eigenvalue weighted by molar-refractivity contribution is -0.137. The van der Waals surface area contributed by atoms with E-state index in [2.05, 4.69) is 62.5 Å². The minimum absolute atomic E-state index is 0.0338. The van der Waals surface area contributed by atoms with Gasteiger partial charge in [-0.2, -0.15) is 67.5 Å². The van der Waals surface area contributed by atoms with Gasteiger partial charge in [-0.05, 0) is 148 Å². The minimum Gasteiger partial charge on any atom is -0.481 e. The molecule has 57 heteroatoms. The highest BCUT2D eigenvalue weighted by atomic mass is 35.5. The summed E-state index contributed by atoms with van der Waals surface area (Å²) in [5, 5.41) is 85.7. The van der Waals surface area contributed by atoms with Crippen molar-refractivity contribution >= 4 is 234 Å². The molecule has 0 aliphatic carbocycles. The standard InChI is InChI=1S/2C15H12Cl2FN3O4.C15H12ClF2N3O4.3C15H13ClFN3O4/c2*1-7-2-3-9(8(16)6-7)19-15(25)13-12(18)14(17)21(20-13)10(22)4-5-11(23)24;1-7-2-3-9(8(17)6-7)19-15(25)13-12(18)14(16)21(20-13)10(22)4-5-11(23)24;1-8-2-3-10(9(17)6-8)18-15(24)11-7-12(16)20(19-11)13(21)4-5-14(22)23;2*1-8-2-3-10(9(16)6-8)18-15(24)11-7-12(17)20(19-11)13(21)4-5-14(22)23/h3*2-3,6H,4-5H2,1H3,(H,19,25)(H,23,24);3*2-3,6-7H,4-5H2,1H3,(H,18,24)(H,22,23). The molecule has 6 aromatic heterocycles. The quantitative estimate of drug-likeness (QED) is 0.0186. The number of carbonyl (C=O) groups excluding carboxylic acids is 12. The van der Waals surface area contributed by atoms with Crippen LogP contribution in [0.15, 0.2) is 127 Å². The molecule has 6 heterocycles. The molecule has 12 rings (SSSR count). The fourth-order valence-electron chi connectivity index (χ4n) is 11.4. The van der Waals surface area contributed by atoms with Crippen LogP contribution in [0.3, 0.4) is 0 Å². The highest BCUT2D eigenvalue weighted by Gasteiger charge is 2.32. The van der Waals surface area contributed by atoms with Crippen LogP contribution in [0.2, 0.25) is 40.7 Å². The number of aryl methyl sites for hydroxylation is 6. The summed E-state index contributed by atoms with van der Waals surface area (Å²) in [5.74, 6) is -24.5. The molecule has 12 N–H and O–H groups in total. The van der Waals surface area contributed by atoms with E-state index in [0.29, 0.717) is 56.0 Å². The SMILES string of the molecule is Cc1ccc(NC(=O)c2cc(Cl)n(C(=O)CCC(=O)O)n2)c(F)c1.Cc1ccc(NC(=O)c2cc(F)n(C(=O)CCC(=O)O)n2)c(Cl)c1.Cc1ccc(NC(=O)c2cc(F)n(C(=O)CCC(=O)O)n2)c(Cl)c1.Cc1ccc(NC(=O)c2nn(C(=O)CCC(=O)O)c(Cl)c2F)c(Cl)c1.Cc1ccc(NC(=O)c2nn(C(=O)CCC(=O)O)c(Cl)c2F)c(Cl)c1.Cc1ccc(NC(=O)c2nn(C(=O)CCC(=O)O)c(Cl)c2F)c(F)c1. The van der Waals surface area contributed by atoms with Crippen molar-refractivity contribution < 1.29 is 148 Å². The first-order valence-corrected chi connectivity index (χ1v) is 44.5. The number of hydrogen-bond acceptors (Lipinski definition) is 24. The third-order valence-electron chi connectivity index (χ3n) is 18.6. The van der Waals surface area contributed by atoms with Gasteiger partial charge in [-0.1, -0.05) is 129 Å². The van der Waals surface area contributed by atoms with Gasteiger partial charge in [0.05, 0.1) is 92.7 Å². The number of halogens is 15. The summed E-state index contributed by atoms with van der Waals surface area (Å²) in [4.78, 5) is 206. The van der Waals surface area contributed by atoms with Crippen LogP contribution in [-0.2, 0) is 28.8 Å². The summed E-state index contributed by atoms with van der Waals surface area (Å²) < 4.78 is 100. The fourth-order valence-corrected chi connectivity index (χ4v) is 13.4. The zero-order chi connectivity index (χ0) is 110. The number of aromatic nitrogens is 12. The van der Waals surface area contributed by atoms with E-state index in [4.69, 9.17) is 123 Å². The van der Waals surface area contributed by atoms with E-state index in [0.717, 1.165) is 45.1 Å². The van der Waals surface area contributed by atoms with E-state index in [1.54, 1.807) is 94.4 Å². The Morgan fingerprint density at radius 3 is 0.680 bits per heavy atom. The van der Waals surface area contributed by atoms with Gasteiger partial charge in [0, 0.05) is 56.7 Å². The molecule has 6 amide bonds. The Balaban J connectivity index is 0.000000239. The Bertz CT molecular complexity index is 6550. The molecule has 0 radical (unpaired) electrons. The van der Waals surface area contributed by atoms with Gasteiger partial charge in [-0.3, -0.25) is 86.3 Å². The first kappa shape index (κ1) is 118. The van der Waals surface area contributed by atoms with Gasteiger partial charge in [-0.15, -0.1) is 0 Å². The third kappa shape index (κ3) is 34.7. The zero-order valence-electron chi connectivity index (χ0n) is 76.2. The number of nitrogens with one attached hydrogen (secondary N) is 6. The number of carboxylic acids is 6. The van der Waals surface area contributed by atoms with Crippen LogP contribution in [0.1, 0.15) is 202 Å². The van der Waals surface area contributed by atoms with Gasteiger partial charge < -0.3 is 62.5 Å². The van der Waals surface area contributed by atoms with Crippen molar-refractivity contribution in [1.82, 2.24) is 58.7 Å². The van der Waals surface area contributed by atoms with Crippen LogP contribution in [-0.4, -0.2) is 196 Å². The molecular weight excluding hydrogens is 2130 g/mol. The van der Waals surface area contributed by atoms with Crippen LogP contribution < -0.4 is 31.9 Å². The lowest BCUT2D eigenvalue weighted by Crippen LogP contribution is -2.18. The van der Waals surface area contributed by atoms with E-state index in [1.807, 2.05) is 13.8 Å². The van der Waals surface area contributed by atoms with E-state index in [1.165, 1.54) is 42.5 Å². The van der Waals surface area contributed by atoms with Crippen LogP contribution in [0.4, 0.5) is 64.9 Å². The predicted octanol–water partition coefficient (Wildman–Crippen LogP) is 17.9. The normalized spacial score (nSPS) is 10.5. The summed E-state index contributed by atoms with van der Waals surface area (Å²) in [7, 11) is 0. The molecule has 0 saturated heterocycles. The maximum absolute atomic E-state index is 14.1. The smallest absolute Gasteiger partial charge is 0.303 e. The van der Waals surface area contributed by atoms with E-state index in [9.17, 15) is 117 Å². The van der Waals surface area contributed by atoms with Crippen LogP contribution in [0, 0.1) is 82.5 Å². The summed E-state index contributed by atoms with van der Waals surface area (Å²) in [6.45, 7) is 10.6. The summed E-state index contributed by atoms with van der Waals surface area (Å²) in [6, 6.07) is 30.6. The van der Waals surface area contributed by atoms with Gasteiger partial charge >= 0.3 is 35.8 Å². The molecule has 0 unspecified atom stereocenters. The predicted molar refractivity (Wildman–Crippen MR) is 513 cm³/mol. The number of carbonyl (C=O) groups is 18. The number of hydrogen-bond donors (Lipinski definition) is 12. The molecule has 147 heavy (non-hydrogen) atoms. The molecule has 0 fully saturated rings. The zero-order valence-corrected chi connectivity index (χ0v) is 82.2. The highest BCUT2D eigenvalue weighted by Crippen LogP contribution is 2.32. The second-order valence-corrected chi connectivity index (χ2v) is 33.3. The largest absolute Gasteiger partial charge is 0.481 e. The molecule has 0 bridgehead atoms. The molecule has 774 valence electrons. The molecule has 12 aromatic rings. The van der Waals surface area contributed by atoms with Crippen LogP contribution >= 0.6 is 92.8 Å². The molecule has 0 aliphatic rings. The van der Waals surface area contributed by atoms with E-state index in [-0.39, 0.29) is 67.9 Å². The summed E-state index contributed by atoms with van der Waals surface area (Å²) in [5.41, 5.74) is 2.67. The van der Waals surface area contributed by atoms with Crippen molar-refractivity contribution in [3.05, 3.63) is 277 Å². The average molecular weight is 2210 g/mol. The molecule has 0 atom stereocenters. The van der Waals surface area contributed by atoms with Crippen LogP contribution in [0.5, 0.6) is 0 Å². The number of rotatable bonds is 30. The average Bonchev–Trinajstić information content (AvgIpc) is 1.65. The highest BCUT2D eigenvalue weighted by molar-refractivity contribution is 6.36. The monoisotopic (exact) mass is 2200 g/mol. The lowest BCUT2D eigenvalue weighted by atomic mass is 10.2. The van der Waals surface area contributed by atoms with E-state index < -0.39 is 244 Å². The number of benzene rings is 6. The second kappa shape index (κ2) is 54.1. The van der Waals surface area contributed by atoms with Crippen molar-refractivity contribution in [2.45, 2.75) is 119 Å². The fraction of sp³-hybridized carbons (Fsp3) is 0.200. The minimum atomic E-state index is -1.27. The Hall–Kier alpha value is -15.9. The number of aliphatic carboxylic acids is 6. The van der Waals surface area contributed by atoms with Gasteiger partial charge in [0.2, 0.25) is 47.3 Å². The number of nitrogens with zero attached hydrogens (tertiary/aromatic N) is 12. The number of carboxylic acid groups (broad SMARTS) is 6. The second-order valence-electron chi connectivity index (χ2n) is 30.2. The summed E-state index contributed by atoms with van der Waals surface area (Å²) >= 11 is 46.8. The van der Waals surface area contributed by atoms with Crippen molar-refractivity contribution in [2.24, 2.45) is 0 Å². The Kier molecular flexibility index (Phi) is 43.5. The van der Waals surface area contributed by atoms with E-state index >= 15 is 0 Å². The van der Waals surface area contributed by atoms with Crippen molar-refractivity contribution in [1.29, 1.82) is 0 Å². The maximum atomic E-state index is 14.1. The molecule has 42 nitrogen and oxygen atoms in total. The molecular formula is C90H75Cl8F7N18O24. The molecule has 6 aromatic carbocycles. The molecule has 0 spiro atoms. The molecule has 0 saturated carbocycles. The van der Waals surface area contributed by atoms with Gasteiger partial charge in [0.1, 0.15) is 16.8 Å². The lowest BCUT2D eigenvalue weighted by Gasteiger charge is -2.06. The first-order valence-electron chi connectivity index (χ1n) is 41.5. The van der Waals surface area contributed by atoms with Crippen molar-refractivity contribution in [2.75, 3.05) is 31.9 Å². The van der Waals surface area contributed by atoms with Gasteiger partial charge in [-0.25, -0.2) is 22.0 Å². The molecule has 0 aliphatic heterocycles. The maximum Gasteiger partial charge on any atom is 0.303 e. The summed E-state index contributed by atoms with van der Waals surface area (Å²) in [6.07, 6.45) is -5.31. The van der Waals surface area contributed by atoms with Gasteiger partial charge in [0.25, 0.3) is 35.4 Å². The third-order valence-corrected chi connectivity index (χ3v) is 21.1. The van der Waals surface area contributed by atoms with Crippen molar-refractivity contribution in [3.8, 4) is 0 Å². The number of anilines is 6. The Morgan fingerprint density at radius 2 is 0.442 bits per heavy atom. The Morgan fingerprint density at radius 1 is 0.245 bits per heavy atom. The van der Waals surface area contributed by atoms with Crippen molar-refractivity contribution in [3.63, 3.8) is 0 Å². The first-order chi connectivity index (χ1) is 68.9. The van der Waals surface area contributed by atoms with Crippen LogP contribution in [0.25, 0.3) is 0 Å². The number of amides is 6. The Labute approximate surface area is 861 Å². The van der Waals surface area contributed by atoms with Gasteiger partial charge in [0.15, 0.2) is 67.1 Å².